The Labute approximate surface area is 140 Å². The summed E-state index contributed by atoms with van der Waals surface area (Å²) in [6, 6.07) is 2.99. The predicted molar refractivity (Wildman–Crippen MR) is 83.8 cm³/mol. The number of benzene rings is 1. The zero-order valence-electron chi connectivity index (χ0n) is 12.1. The van der Waals surface area contributed by atoms with Gasteiger partial charge in [-0.3, -0.25) is 0 Å². The van der Waals surface area contributed by atoms with Crippen LogP contribution in [0.2, 0.25) is 10.0 Å². The minimum absolute atomic E-state index is 0.0975. The Morgan fingerprint density at radius 3 is 2.27 bits per heavy atom. The van der Waals surface area contributed by atoms with Gasteiger partial charge in [-0.2, -0.15) is 4.31 Å². The first-order valence-electron chi connectivity index (χ1n) is 7.08. The van der Waals surface area contributed by atoms with Gasteiger partial charge >= 0.3 is 0 Å². The maximum atomic E-state index is 12.8. The number of rotatable bonds is 2. The summed E-state index contributed by atoms with van der Waals surface area (Å²) in [5.41, 5.74) is 0.681. The van der Waals surface area contributed by atoms with Crippen LogP contribution < -0.4 is 0 Å². The van der Waals surface area contributed by atoms with E-state index in [1.807, 2.05) is 0 Å². The number of nitrogens with zero attached hydrogens (tertiary/aromatic N) is 1. The number of ether oxygens (including phenoxy) is 2. The summed E-state index contributed by atoms with van der Waals surface area (Å²) in [6.07, 6.45) is 1.05. The Morgan fingerprint density at radius 1 is 1.09 bits per heavy atom. The summed E-state index contributed by atoms with van der Waals surface area (Å²) in [6.45, 7) is 3.58. The van der Waals surface area contributed by atoms with Crippen molar-refractivity contribution < 1.29 is 17.9 Å². The Bertz CT molecular complexity index is 676. The summed E-state index contributed by atoms with van der Waals surface area (Å²) >= 11 is 12.1. The minimum atomic E-state index is -3.65. The maximum absolute atomic E-state index is 12.8. The predicted octanol–water partition coefficient (Wildman–Crippen LogP) is 2.83. The lowest BCUT2D eigenvalue weighted by Crippen LogP contribution is -2.47. The molecule has 0 aromatic heterocycles. The third-order valence-electron chi connectivity index (χ3n) is 4.13. The summed E-state index contributed by atoms with van der Waals surface area (Å²) in [7, 11) is -3.65. The smallest absolute Gasteiger partial charge is 0.244 e. The van der Waals surface area contributed by atoms with Gasteiger partial charge in [-0.15, -0.1) is 0 Å². The molecule has 2 heterocycles. The fourth-order valence-electron chi connectivity index (χ4n) is 2.82. The molecular formula is C14H17Cl2NO4S. The molecule has 0 N–H and O–H groups in total. The molecule has 5 nitrogen and oxygen atoms in total. The molecule has 122 valence electrons. The molecular weight excluding hydrogens is 349 g/mol. The Hall–Kier alpha value is -0.370. The van der Waals surface area contributed by atoms with Gasteiger partial charge in [0.2, 0.25) is 10.0 Å². The van der Waals surface area contributed by atoms with Gasteiger partial charge in [-0.05, 0) is 24.6 Å². The van der Waals surface area contributed by atoms with E-state index in [4.69, 9.17) is 32.7 Å². The summed E-state index contributed by atoms with van der Waals surface area (Å²) < 4.78 is 38.3. The summed E-state index contributed by atoms with van der Waals surface area (Å²) in [4.78, 5) is 0.0975. The molecule has 1 aromatic carbocycles. The van der Waals surface area contributed by atoms with Crippen molar-refractivity contribution in [2.24, 2.45) is 0 Å². The molecule has 2 fully saturated rings. The fourth-order valence-corrected chi connectivity index (χ4v) is 5.07. The zero-order valence-corrected chi connectivity index (χ0v) is 14.5. The van der Waals surface area contributed by atoms with Crippen molar-refractivity contribution >= 4 is 33.2 Å². The lowest BCUT2D eigenvalue weighted by Gasteiger charge is -2.36. The SMILES string of the molecule is Cc1cc(S(=O)(=O)N2CCC3(CC2)OCCO3)c(Cl)cc1Cl. The summed E-state index contributed by atoms with van der Waals surface area (Å²) in [5, 5.41) is 0.596. The van der Waals surface area contributed by atoms with Crippen molar-refractivity contribution in [2.75, 3.05) is 26.3 Å². The van der Waals surface area contributed by atoms with Crippen molar-refractivity contribution in [3.8, 4) is 0 Å². The quantitative estimate of drug-likeness (QED) is 0.808. The Morgan fingerprint density at radius 2 is 1.68 bits per heavy atom. The topological polar surface area (TPSA) is 55.8 Å². The van der Waals surface area contributed by atoms with E-state index < -0.39 is 15.8 Å². The minimum Gasteiger partial charge on any atom is -0.347 e. The lowest BCUT2D eigenvalue weighted by atomic mass is 10.1. The molecule has 0 saturated carbocycles. The monoisotopic (exact) mass is 365 g/mol. The van der Waals surface area contributed by atoms with Crippen molar-refractivity contribution in [1.82, 2.24) is 4.31 Å². The summed E-state index contributed by atoms with van der Waals surface area (Å²) in [5.74, 6) is -0.605. The van der Waals surface area contributed by atoms with Crippen LogP contribution in [0.1, 0.15) is 18.4 Å². The largest absolute Gasteiger partial charge is 0.347 e. The van der Waals surface area contributed by atoms with Gasteiger partial charge in [0.05, 0.1) is 18.2 Å². The van der Waals surface area contributed by atoms with Crippen LogP contribution in [0, 0.1) is 6.92 Å². The lowest BCUT2D eigenvalue weighted by molar-refractivity contribution is -0.179. The first-order valence-corrected chi connectivity index (χ1v) is 9.27. The van der Waals surface area contributed by atoms with Gasteiger partial charge < -0.3 is 9.47 Å². The second-order valence-corrected chi connectivity index (χ2v) is 8.26. The van der Waals surface area contributed by atoms with Gasteiger partial charge in [0.25, 0.3) is 0 Å². The molecule has 22 heavy (non-hydrogen) atoms. The Balaban J connectivity index is 1.84. The molecule has 2 aliphatic rings. The normalized spacial score (nSPS) is 22.3. The third-order valence-corrected chi connectivity index (χ3v) is 6.90. The average molecular weight is 366 g/mol. The molecule has 0 atom stereocenters. The van der Waals surface area contributed by atoms with Crippen LogP contribution in [-0.4, -0.2) is 44.8 Å². The molecule has 1 aromatic rings. The number of sulfonamides is 1. The third kappa shape index (κ3) is 2.88. The molecule has 2 saturated heterocycles. The molecule has 0 aliphatic carbocycles. The van der Waals surface area contributed by atoms with E-state index in [0.717, 1.165) is 0 Å². The Kier molecular flexibility index (Phi) is 4.44. The highest BCUT2D eigenvalue weighted by Crippen LogP contribution is 2.35. The van der Waals surface area contributed by atoms with Crippen LogP contribution in [0.4, 0.5) is 0 Å². The van der Waals surface area contributed by atoms with Crippen LogP contribution in [0.15, 0.2) is 17.0 Å². The van der Waals surface area contributed by atoms with Crippen LogP contribution in [-0.2, 0) is 19.5 Å². The number of halogens is 2. The average Bonchev–Trinajstić information content (AvgIpc) is 2.91. The van der Waals surface area contributed by atoms with E-state index in [2.05, 4.69) is 0 Å². The van der Waals surface area contributed by atoms with E-state index in [0.29, 0.717) is 49.7 Å². The number of aryl methyl sites for hydroxylation is 1. The zero-order chi connectivity index (χ0) is 16.0. The van der Waals surface area contributed by atoms with Crippen LogP contribution in [0.3, 0.4) is 0 Å². The first kappa shape index (κ1) is 16.5. The molecule has 0 amide bonds. The van der Waals surface area contributed by atoms with E-state index >= 15 is 0 Å². The molecule has 0 radical (unpaired) electrons. The fraction of sp³-hybridized carbons (Fsp3) is 0.571. The molecule has 0 unspecified atom stereocenters. The number of hydrogen-bond donors (Lipinski definition) is 0. The first-order chi connectivity index (χ1) is 10.3. The highest BCUT2D eigenvalue weighted by molar-refractivity contribution is 7.89. The molecule has 3 rings (SSSR count). The van der Waals surface area contributed by atoms with Gasteiger partial charge in [-0.1, -0.05) is 23.2 Å². The number of piperidine rings is 1. The van der Waals surface area contributed by atoms with Crippen LogP contribution >= 0.6 is 23.2 Å². The van der Waals surface area contributed by atoms with Crippen molar-refractivity contribution in [3.63, 3.8) is 0 Å². The van der Waals surface area contributed by atoms with Crippen molar-refractivity contribution in [2.45, 2.75) is 30.4 Å². The van der Waals surface area contributed by atoms with E-state index in [-0.39, 0.29) is 9.92 Å². The van der Waals surface area contributed by atoms with Crippen molar-refractivity contribution in [1.29, 1.82) is 0 Å². The van der Waals surface area contributed by atoms with Gasteiger partial charge in [-0.25, -0.2) is 8.42 Å². The maximum Gasteiger partial charge on any atom is 0.244 e. The highest BCUT2D eigenvalue weighted by atomic mass is 35.5. The van der Waals surface area contributed by atoms with Gasteiger partial charge in [0, 0.05) is 31.0 Å². The van der Waals surface area contributed by atoms with Crippen molar-refractivity contribution in [3.05, 3.63) is 27.7 Å². The molecule has 1 spiro atoms. The second-order valence-electron chi connectivity index (χ2n) is 5.54. The standard InChI is InChI=1S/C14H17Cl2NO4S/c1-10-8-13(12(16)9-11(10)15)22(18,19)17-4-2-14(3-5-17)20-6-7-21-14/h8-9H,2-7H2,1H3. The van der Waals surface area contributed by atoms with E-state index in [9.17, 15) is 8.42 Å². The van der Waals surface area contributed by atoms with Gasteiger partial charge in [0.1, 0.15) is 4.90 Å². The second kappa shape index (κ2) is 5.92. The number of hydrogen-bond acceptors (Lipinski definition) is 4. The van der Waals surface area contributed by atoms with E-state index in [1.54, 1.807) is 6.92 Å². The van der Waals surface area contributed by atoms with E-state index in [1.165, 1.54) is 16.4 Å². The molecule has 0 bridgehead atoms. The van der Waals surface area contributed by atoms with Gasteiger partial charge in [0.15, 0.2) is 5.79 Å². The van der Waals surface area contributed by atoms with Crippen LogP contribution in [0.25, 0.3) is 0 Å². The highest BCUT2D eigenvalue weighted by Gasteiger charge is 2.43. The van der Waals surface area contributed by atoms with Crippen LogP contribution in [0.5, 0.6) is 0 Å². The molecule has 8 heteroatoms. The molecule has 2 aliphatic heterocycles.